The van der Waals surface area contributed by atoms with Gasteiger partial charge in [0.05, 0.1) is 22.4 Å². The predicted molar refractivity (Wildman–Crippen MR) is 117 cm³/mol. The van der Waals surface area contributed by atoms with Crippen molar-refractivity contribution in [2.24, 2.45) is 0 Å². The van der Waals surface area contributed by atoms with Crippen molar-refractivity contribution in [3.63, 3.8) is 0 Å². The lowest BCUT2D eigenvalue weighted by molar-refractivity contribution is -0.137. The maximum Gasteiger partial charge on any atom is 0.416 e. The molecule has 0 unspecified atom stereocenters. The first-order valence-corrected chi connectivity index (χ1v) is 9.90. The van der Waals surface area contributed by atoms with Crippen molar-refractivity contribution in [3.8, 4) is 34.5 Å². The van der Waals surface area contributed by atoms with Gasteiger partial charge in [0.2, 0.25) is 0 Å². The molecule has 0 aliphatic carbocycles. The zero-order valence-corrected chi connectivity index (χ0v) is 18.0. The molecule has 0 bridgehead atoms. The Labute approximate surface area is 192 Å². The van der Waals surface area contributed by atoms with Gasteiger partial charge in [-0.3, -0.25) is 4.79 Å². The molecule has 1 amide bonds. The Morgan fingerprint density at radius 3 is 2.15 bits per heavy atom. The van der Waals surface area contributed by atoms with Crippen LogP contribution in [-0.4, -0.2) is 16.9 Å². The molecule has 172 valence electrons. The van der Waals surface area contributed by atoms with E-state index in [2.05, 4.69) is 10.3 Å². The van der Waals surface area contributed by atoms with Crippen LogP contribution in [0.5, 0.6) is 0 Å². The van der Waals surface area contributed by atoms with Gasteiger partial charge in [-0.25, -0.2) is 9.37 Å². The van der Waals surface area contributed by atoms with Crippen LogP contribution >= 0.6 is 0 Å². The Morgan fingerprint density at radius 1 is 1.03 bits per heavy atom. The SMILES string of the molecule is CC(C)NC(=O)c1cc(-c2nc(N)c(C#N)c(-c3ccc(C(F)(F)F)cc3)c2C#N)ccc1F. The van der Waals surface area contributed by atoms with Crippen molar-refractivity contribution in [2.45, 2.75) is 26.1 Å². The Hall–Kier alpha value is -4.44. The van der Waals surface area contributed by atoms with Crippen LogP contribution in [0.25, 0.3) is 22.4 Å². The zero-order chi connectivity index (χ0) is 25.2. The highest BCUT2D eigenvalue weighted by Crippen LogP contribution is 2.38. The van der Waals surface area contributed by atoms with Gasteiger partial charge in [0, 0.05) is 17.2 Å². The highest BCUT2D eigenvalue weighted by molar-refractivity contribution is 5.96. The summed E-state index contributed by atoms with van der Waals surface area (Å²) in [4.78, 5) is 16.5. The number of nitrogens with two attached hydrogens (primary N) is 1. The first-order chi connectivity index (χ1) is 16.0. The van der Waals surface area contributed by atoms with Gasteiger partial charge in [-0.1, -0.05) is 12.1 Å². The summed E-state index contributed by atoms with van der Waals surface area (Å²) >= 11 is 0. The van der Waals surface area contributed by atoms with Gasteiger partial charge in [-0.2, -0.15) is 23.7 Å². The van der Waals surface area contributed by atoms with Gasteiger partial charge >= 0.3 is 6.18 Å². The van der Waals surface area contributed by atoms with Crippen molar-refractivity contribution in [1.82, 2.24) is 10.3 Å². The van der Waals surface area contributed by atoms with Crippen LogP contribution in [0.15, 0.2) is 42.5 Å². The number of nitrogens with one attached hydrogen (secondary N) is 1. The molecule has 3 rings (SSSR count). The third-order valence-corrected chi connectivity index (χ3v) is 4.85. The highest BCUT2D eigenvalue weighted by Gasteiger charge is 2.30. The van der Waals surface area contributed by atoms with Crippen LogP contribution in [0, 0.1) is 28.5 Å². The van der Waals surface area contributed by atoms with E-state index in [1.165, 1.54) is 12.1 Å². The Kier molecular flexibility index (Phi) is 6.55. The number of halogens is 4. The number of carbonyl (C=O) groups is 1. The van der Waals surface area contributed by atoms with E-state index in [4.69, 9.17) is 5.73 Å². The number of nitrogen functional groups attached to an aromatic ring is 1. The van der Waals surface area contributed by atoms with Crippen LogP contribution in [0.4, 0.5) is 23.4 Å². The maximum atomic E-state index is 14.3. The minimum Gasteiger partial charge on any atom is -0.383 e. The van der Waals surface area contributed by atoms with E-state index in [0.29, 0.717) is 0 Å². The molecule has 0 aliphatic rings. The molecule has 3 N–H and O–H groups in total. The molecule has 0 fully saturated rings. The standard InChI is InChI=1S/C24H17F4N5O/c1-12(2)32-23(34)16-9-14(5-8-19(16)25)21-17(10-29)20(18(11-30)22(31)33-21)13-3-6-15(7-4-13)24(26,27)28/h3-9,12H,1-2H3,(H2,31,33)(H,32,34). The average molecular weight is 467 g/mol. The zero-order valence-electron chi connectivity index (χ0n) is 18.0. The number of hydrogen-bond donors (Lipinski definition) is 2. The first kappa shape index (κ1) is 24.2. The summed E-state index contributed by atoms with van der Waals surface area (Å²) in [5.74, 6) is -1.76. The van der Waals surface area contributed by atoms with Gasteiger partial charge in [0.25, 0.3) is 5.91 Å². The van der Waals surface area contributed by atoms with E-state index in [0.717, 1.165) is 30.3 Å². The minimum absolute atomic E-state index is 0.0151. The van der Waals surface area contributed by atoms with Crippen molar-refractivity contribution < 1.29 is 22.4 Å². The molecule has 0 saturated carbocycles. The van der Waals surface area contributed by atoms with Crippen LogP contribution in [0.3, 0.4) is 0 Å². The van der Waals surface area contributed by atoms with E-state index in [9.17, 15) is 32.9 Å². The van der Waals surface area contributed by atoms with E-state index in [-0.39, 0.29) is 50.9 Å². The number of nitrogens with zero attached hydrogens (tertiary/aromatic N) is 3. The maximum absolute atomic E-state index is 14.3. The van der Waals surface area contributed by atoms with E-state index in [1.54, 1.807) is 13.8 Å². The lowest BCUT2D eigenvalue weighted by Crippen LogP contribution is -2.30. The Morgan fingerprint density at radius 2 is 1.62 bits per heavy atom. The lowest BCUT2D eigenvalue weighted by Gasteiger charge is -2.15. The Bertz CT molecular complexity index is 1350. The average Bonchev–Trinajstić information content (AvgIpc) is 2.77. The molecule has 0 spiro atoms. The second-order valence-corrected chi connectivity index (χ2v) is 7.59. The third kappa shape index (κ3) is 4.66. The number of rotatable bonds is 4. The number of nitriles is 2. The predicted octanol–water partition coefficient (Wildman–Crippen LogP) is 5.04. The third-order valence-electron chi connectivity index (χ3n) is 4.85. The van der Waals surface area contributed by atoms with Crippen molar-refractivity contribution in [2.75, 3.05) is 5.73 Å². The number of pyridine rings is 1. The van der Waals surface area contributed by atoms with Gasteiger partial charge < -0.3 is 11.1 Å². The molecule has 0 aliphatic heterocycles. The number of anilines is 1. The van der Waals surface area contributed by atoms with Crippen molar-refractivity contribution >= 4 is 11.7 Å². The molecule has 0 atom stereocenters. The minimum atomic E-state index is -4.57. The molecule has 1 aromatic heterocycles. The fraction of sp³-hybridized carbons (Fsp3) is 0.167. The van der Waals surface area contributed by atoms with Gasteiger partial charge in [-0.05, 0) is 49.7 Å². The first-order valence-electron chi connectivity index (χ1n) is 9.90. The summed E-state index contributed by atoms with van der Waals surface area (Å²) in [6.45, 7) is 3.40. The molecule has 0 radical (unpaired) electrons. The van der Waals surface area contributed by atoms with E-state index in [1.807, 2.05) is 12.1 Å². The molecule has 10 heteroatoms. The highest BCUT2D eigenvalue weighted by atomic mass is 19.4. The van der Waals surface area contributed by atoms with Crippen molar-refractivity contribution in [3.05, 3.63) is 70.5 Å². The second kappa shape index (κ2) is 9.20. The summed E-state index contributed by atoms with van der Waals surface area (Å²) in [6.07, 6.45) is -4.57. The number of amides is 1. The van der Waals surface area contributed by atoms with Gasteiger partial charge in [-0.15, -0.1) is 0 Å². The molecule has 2 aromatic carbocycles. The van der Waals surface area contributed by atoms with Crippen LogP contribution in [0.1, 0.15) is 40.9 Å². The number of carbonyl (C=O) groups excluding carboxylic acids is 1. The lowest BCUT2D eigenvalue weighted by atomic mass is 9.91. The quantitative estimate of drug-likeness (QED) is 0.522. The molecular weight excluding hydrogens is 450 g/mol. The Balaban J connectivity index is 2.26. The van der Waals surface area contributed by atoms with Crippen LogP contribution in [-0.2, 0) is 6.18 Å². The number of benzene rings is 2. The summed E-state index contributed by atoms with van der Waals surface area (Å²) in [6, 6.07) is 10.9. The summed E-state index contributed by atoms with van der Waals surface area (Å²) < 4.78 is 53.3. The molecule has 3 aromatic rings. The monoisotopic (exact) mass is 467 g/mol. The smallest absolute Gasteiger partial charge is 0.383 e. The second-order valence-electron chi connectivity index (χ2n) is 7.59. The van der Waals surface area contributed by atoms with Gasteiger partial charge in [0.1, 0.15) is 29.3 Å². The topological polar surface area (TPSA) is 116 Å². The van der Waals surface area contributed by atoms with E-state index < -0.39 is 23.5 Å². The number of hydrogen-bond acceptors (Lipinski definition) is 5. The molecule has 1 heterocycles. The molecule has 0 saturated heterocycles. The number of alkyl halides is 3. The van der Waals surface area contributed by atoms with Crippen LogP contribution < -0.4 is 11.1 Å². The normalized spacial score (nSPS) is 11.1. The summed E-state index contributed by atoms with van der Waals surface area (Å²) in [5, 5.41) is 22.1. The number of aromatic nitrogens is 1. The molecule has 34 heavy (non-hydrogen) atoms. The van der Waals surface area contributed by atoms with Gasteiger partial charge in [0.15, 0.2) is 0 Å². The van der Waals surface area contributed by atoms with Crippen molar-refractivity contribution in [1.29, 1.82) is 10.5 Å². The largest absolute Gasteiger partial charge is 0.416 e. The van der Waals surface area contributed by atoms with Crippen LogP contribution in [0.2, 0.25) is 0 Å². The molecular formula is C24H17F4N5O. The fourth-order valence-corrected chi connectivity index (χ4v) is 3.34. The molecule has 6 nitrogen and oxygen atoms in total. The fourth-order valence-electron chi connectivity index (χ4n) is 3.34. The summed E-state index contributed by atoms with van der Waals surface area (Å²) in [5.41, 5.74) is 4.63. The summed E-state index contributed by atoms with van der Waals surface area (Å²) in [7, 11) is 0. The van der Waals surface area contributed by atoms with E-state index >= 15 is 0 Å².